The fourth-order valence-electron chi connectivity index (χ4n) is 2.45. The first-order chi connectivity index (χ1) is 12.8. The maximum Gasteiger partial charge on any atom is 0.306 e. The summed E-state index contributed by atoms with van der Waals surface area (Å²) in [6.07, 6.45) is -0.199. The number of hydrogen-bond donors (Lipinski definition) is 2. The molecule has 0 saturated carbocycles. The van der Waals surface area contributed by atoms with Gasteiger partial charge in [-0.3, -0.25) is 14.4 Å². The highest BCUT2D eigenvalue weighted by Gasteiger charge is 2.12. The first-order valence-electron chi connectivity index (χ1n) is 8.41. The van der Waals surface area contributed by atoms with Crippen molar-refractivity contribution in [3.05, 3.63) is 58.6 Å². The number of carbonyl (C=O) groups excluding carboxylic acids is 3. The molecular formula is C20H21ClN2O4. The second-order valence-electron chi connectivity index (χ2n) is 6.11. The number of nitrogens with one attached hydrogen (secondary N) is 2. The molecule has 2 amide bonds. The molecule has 0 unspecified atom stereocenters. The maximum atomic E-state index is 11.9. The molecule has 0 fully saturated rings. The van der Waals surface area contributed by atoms with Gasteiger partial charge >= 0.3 is 5.97 Å². The Balaban J connectivity index is 1.71. The molecule has 0 radical (unpaired) electrons. The van der Waals surface area contributed by atoms with Crippen molar-refractivity contribution in [1.82, 2.24) is 0 Å². The van der Waals surface area contributed by atoms with E-state index in [4.69, 9.17) is 16.3 Å². The van der Waals surface area contributed by atoms with Crippen molar-refractivity contribution in [3.8, 4) is 0 Å². The van der Waals surface area contributed by atoms with Crippen molar-refractivity contribution >= 4 is 40.8 Å². The number of anilines is 2. The van der Waals surface area contributed by atoms with E-state index in [-0.39, 0.29) is 18.7 Å². The molecular weight excluding hydrogens is 368 g/mol. The van der Waals surface area contributed by atoms with E-state index in [1.807, 2.05) is 32.0 Å². The summed E-state index contributed by atoms with van der Waals surface area (Å²) in [5, 5.41) is 5.70. The molecule has 0 aliphatic carbocycles. The largest absolute Gasteiger partial charge is 0.456 e. The lowest BCUT2D eigenvalue weighted by molar-refractivity contribution is -0.147. The fourth-order valence-corrected chi connectivity index (χ4v) is 2.64. The average molecular weight is 389 g/mol. The zero-order valence-electron chi connectivity index (χ0n) is 15.2. The van der Waals surface area contributed by atoms with Gasteiger partial charge in [-0.25, -0.2) is 0 Å². The lowest BCUT2D eigenvalue weighted by Crippen LogP contribution is -2.22. The van der Waals surface area contributed by atoms with Crippen molar-refractivity contribution in [1.29, 1.82) is 0 Å². The second kappa shape index (κ2) is 9.73. The number of rotatable bonds is 7. The Hall–Kier alpha value is -2.86. The van der Waals surface area contributed by atoms with Gasteiger partial charge < -0.3 is 15.4 Å². The van der Waals surface area contributed by atoms with Gasteiger partial charge in [-0.15, -0.1) is 0 Å². The molecule has 0 aliphatic heterocycles. The fraction of sp³-hybridized carbons (Fsp3) is 0.250. The first-order valence-corrected chi connectivity index (χ1v) is 8.79. The number of esters is 1. The van der Waals surface area contributed by atoms with Gasteiger partial charge in [-0.05, 0) is 49.2 Å². The monoisotopic (exact) mass is 388 g/mol. The summed E-state index contributed by atoms with van der Waals surface area (Å²) in [6, 6.07) is 12.4. The van der Waals surface area contributed by atoms with Crippen LogP contribution in [0.2, 0.25) is 5.02 Å². The number of ether oxygens (including phenoxy) is 1. The van der Waals surface area contributed by atoms with E-state index in [0.717, 1.165) is 11.1 Å². The zero-order chi connectivity index (χ0) is 19.8. The molecule has 2 aromatic rings. The number of benzene rings is 2. The molecule has 27 heavy (non-hydrogen) atoms. The highest BCUT2D eigenvalue weighted by Crippen LogP contribution is 2.20. The summed E-state index contributed by atoms with van der Waals surface area (Å²) in [5.74, 6) is -1.42. The number of hydrogen-bond acceptors (Lipinski definition) is 4. The first kappa shape index (κ1) is 20.5. The molecule has 2 aromatic carbocycles. The second-order valence-corrected chi connectivity index (χ2v) is 6.52. The summed E-state index contributed by atoms with van der Waals surface area (Å²) in [7, 11) is 0. The van der Waals surface area contributed by atoms with E-state index in [1.54, 1.807) is 24.3 Å². The van der Waals surface area contributed by atoms with Gasteiger partial charge in [-0.1, -0.05) is 29.8 Å². The minimum Gasteiger partial charge on any atom is -0.456 e. The van der Waals surface area contributed by atoms with Crippen LogP contribution in [-0.4, -0.2) is 24.4 Å². The van der Waals surface area contributed by atoms with Crippen LogP contribution < -0.4 is 10.6 Å². The SMILES string of the molecule is Cc1cc(C)cc(NC(=O)COC(=O)CCC(=O)Nc2ccccc2Cl)c1. The van der Waals surface area contributed by atoms with Crippen LogP contribution in [0.25, 0.3) is 0 Å². The van der Waals surface area contributed by atoms with E-state index in [2.05, 4.69) is 10.6 Å². The molecule has 0 saturated heterocycles. The van der Waals surface area contributed by atoms with Gasteiger partial charge in [0.2, 0.25) is 5.91 Å². The molecule has 0 aliphatic rings. The van der Waals surface area contributed by atoms with Crippen LogP contribution in [0.4, 0.5) is 11.4 Å². The molecule has 0 heterocycles. The van der Waals surface area contributed by atoms with Gasteiger partial charge in [-0.2, -0.15) is 0 Å². The topological polar surface area (TPSA) is 84.5 Å². The zero-order valence-corrected chi connectivity index (χ0v) is 15.9. The standard InChI is InChI=1S/C20H21ClN2O4/c1-13-9-14(2)11-15(10-13)22-19(25)12-27-20(26)8-7-18(24)23-17-6-4-3-5-16(17)21/h3-6,9-11H,7-8,12H2,1-2H3,(H,22,25)(H,23,24). The van der Waals surface area contributed by atoms with Crippen LogP contribution in [0.5, 0.6) is 0 Å². The Kier molecular flexibility index (Phi) is 7.37. The molecule has 0 aromatic heterocycles. The van der Waals surface area contributed by atoms with Gasteiger partial charge in [0, 0.05) is 12.1 Å². The molecule has 6 nitrogen and oxygen atoms in total. The van der Waals surface area contributed by atoms with Crippen molar-refractivity contribution in [3.63, 3.8) is 0 Å². The molecule has 0 spiro atoms. The van der Waals surface area contributed by atoms with E-state index in [9.17, 15) is 14.4 Å². The van der Waals surface area contributed by atoms with Crippen LogP contribution in [0, 0.1) is 13.8 Å². The summed E-state index contributed by atoms with van der Waals surface area (Å²) < 4.78 is 4.90. The van der Waals surface area contributed by atoms with Gasteiger partial charge in [0.1, 0.15) is 0 Å². The van der Waals surface area contributed by atoms with E-state index in [1.165, 1.54) is 0 Å². The third-order valence-corrected chi connectivity index (χ3v) is 3.90. The molecule has 0 atom stereocenters. The van der Waals surface area contributed by atoms with Crippen molar-refractivity contribution in [2.75, 3.05) is 17.2 Å². The number of aryl methyl sites for hydroxylation is 2. The highest BCUT2D eigenvalue weighted by molar-refractivity contribution is 6.33. The predicted octanol–water partition coefficient (Wildman–Crippen LogP) is 3.86. The van der Waals surface area contributed by atoms with E-state index >= 15 is 0 Å². The lowest BCUT2D eigenvalue weighted by atomic mass is 10.1. The van der Waals surface area contributed by atoms with Crippen LogP contribution >= 0.6 is 11.6 Å². The molecule has 142 valence electrons. The van der Waals surface area contributed by atoms with Crippen molar-refractivity contribution < 1.29 is 19.1 Å². The summed E-state index contributed by atoms with van der Waals surface area (Å²) >= 11 is 5.95. The van der Waals surface area contributed by atoms with Gasteiger partial charge in [0.05, 0.1) is 17.1 Å². The predicted molar refractivity (Wildman–Crippen MR) is 105 cm³/mol. The van der Waals surface area contributed by atoms with E-state index < -0.39 is 18.5 Å². The molecule has 0 bridgehead atoms. The lowest BCUT2D eigenvalue weighted by Gasteiger charge is -2.09. The van der Waals surface area contributed by atoms with Gasteiger partial charge in [0.25, 0.3) is 5.91 Å². The minimum atomic E-state index is -0.625. The summed E-state index contributed by atoms with van der Waals surface area (Å²) in [4.78, 5) is 35.5. The Bertz CT molecular complexity index is 831. The Morgan fingerprint density at radius 2 is 1.59 bits per heavy atom. The normalized spacial score (nSPS) is 10.2. The maximum absolute atomic E-state index is 11.9. The number of carbonyl (C=O) groups is 3. The smallest absolute Gasteiger partial charge is 0.306 e. The third kappa shape index (κ3) is 7.11. The summed E-state index contributed by atoms with van der Waals surface area (Å²) in [6.45, 7) is 3.45. The molecule has 2 N–H and O–H groups in total. The van der Waals surface area contributed by atoms with Crippen molar-refractivity contribution in [2.45, 2.75) is 26.7 Å². The summed E-state index contributed by atoms with van der Waals surface area (Å²) in [5.41, 5.74) is 3.16. The van der Waals surface area contributed by atoms with E-state index in [0.29, 0.717) is 16.4 Å². The Morgan fingerprint density at radius 3 is 2.26 bits per heavy atom. The number of halogens is 1. The molecule has 2 rings (SSSR count). The minimum absolute atomic E-state index is 0.0667. The Morgan fingerprint density at radius 1 is 0.926 bits per heavy atom. The number of amides is 2. The van der Waals surface area contributed by atoms with Crippen molar-refractivity contribution in [2.24, 2.45) is 0 Å². The molecule has 7 heteroatoms. The number of para-hydroxylation sites is 1. The highest BCUT2D eigenvalue weighted by atomic mass is 35.5. The third-order valence-electron chi connectivity index (χ3n) is 3.57. The van der Waals surface area contributed by atoms with Crippen LogP contribution in [-0.2, 0) is 19.1 Å². The average Bonchev–Trinajstić information content (AvgIpc) is 2.59. The van der Waals surface area contributed by atoms with Crippen LogP contribution in [0.1, 0.15) is 24.0 Å². The Labute approximate surface area is 162 Å². The quantitative estimate of drug-likeness (QED) is 0.705. The van der Waals surface area contributed by atoms with Gasteiger partial charge in [0.15, 0.2) is 6.61 Å². The van der Waals surface area contributed by atoms with Crippen LogP contribution in [0.3, 0.4) is 0 Å². The van der Waals surface area contributed by atoms with Crippen LogP contribution in [0.15, 0.2) is 42.5 Å².